The summed E-state index contributed by atoms with van der Waals surface area (Å²) in [5.74, 6) is 0.672. The van der Waals surface area contributed by atoms with Crippen molar-refractivity contribution >= 4 is 49.5 Å². The van der Waals surface area contributed by atoms with Crippen LogP contribution in [0.15, 0.2) is 34.5 Å². The zero-order valence-corrected chi connectivity index (χ0v) is 15.7. The Morgan fingerprint density at radius 3 is 2.38 bits per heavy atom. The van der Waals surface area contributed by atoms with Gasteiger partial charge < -0.3 is 10.1 Å². The Labute approximate surface area is 149 Å². The molecule has 1 heterocycles. The van der Waals surface area contributed by atoms with E-state index in [1.54, 1.807) is 45.2 Å². The van der Waals surface area contributed by atoms with Gasteiger partial charge in [0.15, 0.2) is 9.84 Å². The molecule has 0 saturated heterocycles. The summed E-state index contributed by atoms with van der Waals surface area (Å²) in [6.45, 7) is 3.15. The predicted molar refractivity (Wildman–Crippen MR) is 97.3 cm³/mol. The standard InChI is InChI=1S/C15H17ClN2O4S2/c1-9(2)24(20,21)12-8-23-14(13(12)16)18-15(19)17-10-4-6-11(22-3)7-5-10/h4-9H,1-3H3,(H2,17,18,19). The number of amides is 2. The maximum atomic E-state index is 12.2. The molecule has 2 aromatic rings. The Balaban J connectivity index is 2.11. The van der Waals surface area contributed by atoms with E-state index in [1.165, 1.54) is 5.38 Å². The van der Waals surface area contributed by atoms with Crippen LogP contribution in [0.25, 0.3) is 0 Å². The van der Waals surface area contributed by atoms with Crippen LogP contribution in [0.2, 0.25) is 5.02 Å². The van der Waals surface area contributed by atoms with Gasteiger partial charge in [0.1, 0.15) is 10.8 Å². The van der Waals surface area contributed by atoms with E-state index in [1.807, 2.05) is 0 Å². The van der Waals surface area contributed by atoms with Crippen molar-refractivity contribution in [3.05, 3.63) is 34.7 Å². The first kappa shape index (κ1) is 18.6. The molecule has 0 atom stereocenters. The average molecular weight is 389 g/mol. The molecule has 9 heteroatoms. The zero-order chi connectivity index (χ0) is 17.9. The number of anilines is 2. The van der Waals surface area contributed by atoms with E-state index < -0.39 is 21.1 Å². The number of nitrogens with one attached hydrogen (secondary N) is 2. The number of hydrogen-bond acceptors (Lipinski definition) is 5. The number of sulfone groups is 1. The van der Waals surface area contributed by atoms with Gasteiger partial charge in [-0.15, -0.1) is 11.3 Å². The number of thiophene rings is 1. The predicted octanol–water partition coefficient (Wildman–Crippen LogP) is 4.24. The Morgan fingerprint density at radius 1 is 1.21 bits per heavy atom. The number of halogens is 1. The molecule has 2 amide bonds. The van der Waals surface area contributed by atoms with E-state index in [0.29, 0.717) is 11.4 Å². The normalized spacial score (nSPS) is 11.4. The van der Waals surface area contributed by atoms with Crippen LogP contribution in [-0.4, -0.2) is 26.8 Å². The fraction of sp³-hybridized carbons (Fsp3) is 0.267. The largest absolute Gasteiger partial charge is 0.497 e. The van der Waals surface area contributed by atoms with Gasteiger partial charge in [-0.2, -0.15) is 0 Å². The minimum atomic E-state index is -3.50. The average Bonchev–Trinajstić information content (AvgIpc) is 2.89. The monoisotopic (exact) mass is 388 g/mol. The summed E-state index contributed by atoms with van der Waals surface area (Å²) >= 11 is 7.17. The first-order valence-corrected chi connectivity index (χ1v) is 9.79. The lowest BCUT2D eigenvalue weighted by Crippen LogP contribution is -2.19. The lowest BCUT2D eigenvalue weighted by molar-refractivity contribution is 0.262. The van der Waals surface area contributed by atoms with Crippen LogP contribution >= 0.6 is 22.9 Å². The van der Waals surface area contributed by atoms with E-state index >= 15 is 0 Å². The molecule has 0 bridgehead atoms. The van der Waals surface area contributed by atoms with Crippen molar-refractivity contribution in [2.24, 2.45) is 0 Å². The molecule has 0 fully saturated rings. The number of benzene rings is 1. The van der Waals surface area contributed by atoms with Crippen LogP contribution in [0.5, 0.6) is 5.75 Å². The van der Waals surface area contributed by atoms with E-state index in [2.05, 4.69) is 10.6 Å². The number of ether oxygens (including phenoxy) is 1. The molecule has 1 aromatic carbocycles. The Kier molecular flexibility index (Phi) is 5.74. The summed E-state index contributed by atoms with van der Waals surface area (Å²) in [4.78, 5) is 12.1. The molecule has 2 N–H and O–H groups in total. The second kappa shape index (κ2) is 7.42. The third-order valence-corrected chi connectivity index (χ3v) is 7.04. The summed E-state index contributed by atoms with van der Waals surface area (Å²) in [5, 5.41) is 6.34. The Bertz CT molecular complexity index is 830. The molecule has 0 aliphatic rings. The first-order chi connectivity index (χ1) is 11.3. The molecule has 0 radical (unpaired) electrons. The highest BCUT2D eigenvalue weighted by atomic mass is 35.5. The van der Waals surface area contributed by atoms with Crippen LogP contribution in [0.4, 0.5) is 15.5 Å². The molecule has 0 saturated carbocycles. The molecule has 0 aliphatic heterocycles. The molecular weight excluding hydrogens is 372 g/mol. The Hall–Kier alpha value is -1.77. The van der Waals surface area contributed by atoms with Crippen molar-refractivity contribution in [3.8, 4) is 5.75 Å². The molecule has 130 valence electrons. The van der Waals surface area contributed by atoms with Crippen molar-refractivity contribution in [2.45, 2.75) is 24.0 Å². The van der Waals surface area contributed by atoms with Crippen molar-refractivity contribution in [1.82, 2.24) is 0 Å². The van der Waals surface area contributed by atoms with Crippen molar-refractivity contribution in [3.63, 3.8) is 0 Å². The van der Waals surface area contributed by atoms with Crippen LogP contribution in [0, 0.1) is 0 Å². The van der Waals surface area contributed by atoms with Crippen molar-refractivity contribution in [2.75, 3.05) is 17.7 Å². The van der Waals surface area contributed by atoms with Gasteiger partial charge >= 0.3 is 6.03 Å². The van der Waals surface area contributed by atoms with Crippen LogP contribution in [0.1, 0.15) is 13.8 Å². The topological polar surface area (TPSA) is 84.5 Å². The fourth-order valence-corrected chi connectivity index (χ4v) is 4.73. The lowest BCUT2D eigenvalue weighted by atomic mass is 10.3. The third kappa shape index (κ3) is 4.00. The number of carbonyl (C=O) groups is 1. The van der Waals surface area contributed by atoms with E-state index in [4.69, 9.17) is 16.3 Å². The summed E-state index contributed by atoms with van der Waals surface area (Å²) in [7, 11) is -1.94. The second-order valence-corrected chi connectivity index (χ2v) is 8.87. The second-order valence-electron chi connectivity index (χ2n) is 5.14. The smallest absolute Gasteiger partial charge is 0.324 e. The number of methoxy groups -OCH3 is 1. The molecule has 0 unspecified atom stereocenters. The minimum Gasteiger partial charge on any atom is -0.497 e. The quantitative estimate of drug-likeness (QED) is 0.802. The van der Waals surface area contributed by atoms with Gasteiger partial charge in [0.25, 0.3) is 0 Å². The van der Waals surface area contributed by atoms with E-state index in [-0.39, 0.29) is 14.9 Å². The van der Waals surface area contributed by atoms with Gasteiger partial charge in [0.2, 0.25) is 0 Å². The van der Waals surface area contributed by atoms with E-state index in [9.17, 15) is 13.2 Å². The SMILES string of the molecule is COc1ccc(NC(=O)Nc2scc(S(=O)(=O)C(C)C)c2Cl)cc1. The van der Waals surface area contributed by atoms with Gasteiger partial charge in [-0.1, -0.05) is 11.6 Å². The molecule has 24 heavy (non-hydrogen) atoms. The van der Waals surface area contributed by atoms with Gasteiger partial charge in [-0.3, -0.25) is 5.32 Å². The maximum Gasteiger partial charge on any atom is 0.324 e. The summed E-state index contributed by atoms with van der Waals surface area (Å²) in [5.41, 5.74) is 0.566. The van der Waals surface area contributed by atoms with E-state index in [0.717, 1.165) is 11.3 Å². The number of carbonyl (C=O) groups excluding carboxylic acids is 1. The summed E-state index contributed by atoms with van der Waals surface area (Å²) in [6, 6.07) is 6.27. The van der Waals surface area contributed by atoms with Gasteiger partial charge in [0, 0.05) is 11.1 Å². The third-order valence-electron chi connectivity index (χ3n) is 3.20. The molecule has 0 aliphatic carbocycles. The lowest BCUT2D eigenvalue weighted by Gasteiger charge is -2.08. The molecule has 6 nitrogen and oxygen atoms in total. The van der Waals surface area contributed by atoms with Crippen LogP contribution in [-0.2, 0) is 9.84 Å². The molecule has 2 rings (SSSR count). The maximum absolute atomic E-state index is 12.2. The number of urea groups is 1. The molecular formula is C15H17ClN2O4S2. The van der Waals surface area contributed by atoms with Crippen molar-refractivity contribution in [1.29, 1.82) is 0 Å². The highest BCUT2D eigenvalue weighted by Crippen LogP contribution is 2.37. The fourth-order valence-electron chi connectivity index (χ4n) is 1.80. The minimum absolute atomic E-state index is 0.0265. The van der Waals surface area contributed by atoms with Crippen LogP contribution in [0.3, 0.4) is 0 Å². The van der Waals surface area contributed by atoms with Crippen molar-refractivity contribution < 1.29 is 17.9 Å². The Morgan fingerprint density at radius 2 is 1.83 bits per heavy atom. The van der Waals surface area contributed by atoms with Gasteiger partial charge in [-0.05, 0) is 38.1 Å². The highest BCUT2D eigenvalue weighted by Gasteiger charge is 2.26. The zero-order valence-electron chi connectivity index (χ0n) is 13.3. The highest BCUT2D eigenvalue weighted by molar-refractivity contribution is 7.92. The molecule has 0 spiro atoms. The van der Waals surface area contributed by atoms with Gasteiger partial charge in [0.05, 0.1) is 22.3 Å². The van der Waals surface area contributed by atoms with Crippen LogP contribution < -0.4 is 15.4 Å². The summed E-state index contributed by atoms with van der Waals surface area (Å²) in [6.07, 6.45) is 0. The summed E-state index contributed by atoms with van der Waals surface area (Å²) < 4.78 is 29.4. The number of rotatable bonds is 5. The molecule has 1 aromatic heterocycles. The number of hydrogen-bond donors (Lipinski definition) is 2. The van der Waals surface area contributed by atoms with Gasteiger partial charge in [-0.25, -0.2) is 13.2 Å². The first-order valence-electron chi connectivity index (χ1n) is 6.98.